The van der Waals surface area contributed by atoms with Gasteiger partial charge in [0, 0.05) is 37.6 Å². The molecule has 0 aromatic heterocycles. The van der Waals surface area contributed by atoms with E-state index < -0.39 is 0 Å². The van der Waals surface area contributed by atoms with E-state index in [1.807, 2.05) is 24.3 Å². The average molecular weight is 378 g/mol. The molecule has 140 valence electrons. The lowest BCUT2D eigenvalue weighted by atomic mass is 10.2. The summed E-state index contributed by atoms with van der Waals surface area (Å²) >= 11 is 4.92. The highest BCUT2D eigenvalue weighted by atomic mass is 32.1. The van der Waals surface area contributed by atoms with Gasteiger partial charge in [0.15, 0.2) is 0 Å². The zero-order valence-corrected chi connectivity index (χ0v) is 15.4. The Morgan fingerprint density at radius 1 is 1.27 bits per heavy atom. The second kappa shape index (κ2) is 8.22. The standard InChI is InChI=1S/C17H22N4O4S/c1-24-16(26)18-10-15-11-21(17(23)25-15)14-4-2-13(3-5-14)20-8-6-19(12-22)7-9-20/h2-5,12,15H,6-11H2,1H3,(H,18,26). The van der Waals surface area contributed by atoms with Crippen molar-refractivity contribution in [2.45, 2.75) is 6.10 Å². The number of carbonyl (C=O) groups excluding carboxylic acids is 2. The third kappa shape index (κ3) is 4.16. The number of benzene rings is 1. The van der Waals surface area contributed by atoms with Gasteiger partial charge in [0.25, 0.3) is 5.17 Å². The number of carbonyl (C=O) groups is 2. The van der Waals surface area contributed by atoms with E-state index in [0.29, 0.717) is 13.1 Å². The predicted molar refractivity (Wildman–Crippen MR) is 102 cm³/mol. The summed E-state index contributed by atoms with van der Waals surface area (Å²) in [6.45, 7) is 3.92. The molecule has 3 rings (SSSR count). The van der Waals surface area contributed by atoms with E-state index in [-0.39, 0.29) is 17.4 Å². The number of rotatable bonds is 5. The van der Waals surface area contributed by atoms with E-state index in [2.05, 4.69) is 10.2 Å². The number of anilines is 2. The molecular formula is C17H22N4O4S. The molecule has 1 aromatic carbocycles. The van der Waals surface area contributed by atoms with Gasteiger partial charge in [-0.05, 0) is 36.5 Å². The maximum Gasteiger partial charge on any atom is 0.414 e. The van der Waals surface area contributed by atoms with E-state index in [9.17, 15) is 9.59 Å². The van der Waals surface area contributed by atoms with Crippen LogP contribution in [0.1, 0.15) is 0 Å². The van der Waals surface area contributed by atoms with Gasteiger partial charge in [0.05, 0.1) is 20.2 Å². The highest BCUT2D eigenvalue weighted by molar-refractivity contribution is 7.80. The van der Waals surface area contributed by atoms with Gasteiger partial charge in [-0.2, -0.15) is 0 Å². The van der Waals surface area contributed by atoms with Gasteiger partial charge in [0.2, 0.25) is 6.41 Å². The van der Waals surface area contributed by atoms with Crippen molar-refractivity contribution in [1.82, 2.24) is 10.2 Å². The Morgan fingerprint density at radius 2 is 1.92 bits per heavy atom. The molecule has 0 spiro atoms. The largest absolute Gasteiger partial charge is 0.474 e. The lowest BCUT2D eigenvalue weighted by Gasteiger charge is -2.34. The highest BCUT2D eigenvalue weighted by Gasteiger charge is 2.32. The zero-order valence-electron chi connectivity index (χ0n) is 14.6. The fourth-order valence-electron chi connectivity index (χ4n) is 3.04. The zero-order chi connectivity index (χ0) is 18.5. The van der Waals surface area contributed by atoms with Crippen LogP contribution in [0, 0.1) is 0 Å². The lowest BCUT2D eigenvalue weighted by Crippen LogP contribution is -2.45. The van der Waals surface area contributed by atoms with Gasteiger partial charge in [-0.3, -0.25) is 9.69 Å². The number of thiocarbonyl (C=S) groups is 1. The van der Waals surface area contributed by atoms with Crippen molar-refractivity contribution in [1.29, 1.82) is 0 Å². The number of cyclic esters (lactones) is 1. The third-order valence-corrected chi connectivity index (χ3v) is 4.83. The van der Waals surface area contributed by atoms with Crippen molar-refractivity contribution >= 4 is 41.3 Å². The average Bonchev–Trinajstić information content (AvgIpc) is 3.07. The number of piperazine rings is 1. The van der Waals surface area contributed by atoms with Crippen LogP contribution in [0.3, 0.4) is 0 Å². The van der Waals surface area contributed by atoms with Crippen molar-refractivity contribution in [3.05, 3.63) is 24.3 Å². The number of hydrogen-bond donors (Lipinski definition) is 1. The van der Waals surface area contributed by atoms with Crippen LogP contribution in [0.5, 0.6) is 0 Å². The minimum absolute atomic E-state index is 0.276. The fraction of sp³-hybridized carbons (Fsp3) is 0.471. The first kappa shape index (κ1) is 18.2. The van der Waals surface area contributed by atoms with Gasteiger partial charge >= 0.3 is 6.09 Å². The molecule has 2 amide bonds. The molecule has 2 saturated heterocycles. The van der Waals surface area contributed by atoms with Gasteiger partial charge in [-0.1, -0.05) is 0 Å². The maximum absolute atomic E-state index is 12.1. The first-order valence-corrected chi connectivity index (χ1v) is 8.86. The molecule has 8 nitrogen and oxygen atoms in total. The molecule has 1 atom stereocenters. The van der Waals surface area contributed by atoms with Crippen LogP contribution in [0.4, 0.5) is 16.2 Å². The Morgan fingerprint density at radius 3 is 2.54 bits per heavy atom. The van der Waals surface area contributed by atoms with Crippen LogP contribution in [0.25, 0.3) is 0 Å². The minimum Gasteiger partial charge on any atom is -0.474 e. The first-order valence-electron chi connectivity index (χ1n) is 8.45. The maximum atomic E-state index is 12.1. The molecule has 0 aliphatic carbocycles. The van der Waals surface area contributed by atoms with Crippen LogP contribution in [0.2, 0.25) is 0 Å². The predicted octanol–water partition coefficient (Wildman–Crippen LogP) is 0.811. The second-order valence-corrected chi connectivity index (χ2v) is 6.50. The number of nitrogens with one attached hydrogen (secondary N) is 1. The third-order valence-electron chi connectivity index (χ3n) is 4.52. The van der Waals surface area contributed by atoms with Crippen molar-refractivity contribution in [3.63, 3.8) is 0 Å². The Hall–Kier alpha value is -2.55. The first-order chi connectivity index (χ1) is 12.6. The normalized spacial score (nSPS) is 20.0. The van der Waals surface area contributed by atoms with E-state index in [0.717, 1.165) is 44.0 Å². The fourth-order valence-corrected chi connectivity index (χ4v) is 3.12. The van der Waals surface area contributed by atoms with Crippen LogP contribution < -0.4 is 15.1 Å². The van der Waals surface area contributed by atoms with Crippen LogP contribution in [-0.4, -0.2) is 75.1 Å². The van der Waals surface area contributed by atoms with Crippen molar-refractivity contribution in [2.75, 3.05) is 56.2 Å². The summed E-state index contributed by atoms with van der Waals surface area (Å²) in [5.41, 5.74) is 1.87. The lowest BCUT2D eigenvalue weighted by molar-refractivity contribution is -0.118. The van der Waals surface area contributed by atoms with E-state index >= 15 is 0 Å². The van der Waals surface area contributed by atoms with E-state index in [1.165, 1.54) is 7.11 Å². The smallest absolute Gasteiger partial charge is 0.414 e. The molecule has 26 heavy (non-hydrogen) atoms. The van der Waals surface area contributed by atoms with Crippen molar-refractivity contribution in [2.24, 2.45) is 0 Å². The summed E-state index contributed by atoms with van der Waals surface area (Å²) < 4.78 is 10.2. The Bertz CT molecular complexity index is 661. The summed E-state index contributed by atoms with van der Waals surface area (Å²) in [6, 6.07) is 7.81. The van der Waals surface area contributed by atoms with E-state index in [4.69, 9.17) is 21.7 Å². The number of methoxy groups -OCH3 is 1. The monoisotopic (exact) mass is 378 g/mol. The summed E-state index contributed by atoms with van der Waals surface area (Å²) in [5, 5.41) is 3.17. The topological polar surface area (TPSA) is 74.4 Å². The Balaban J connectivity index is 1.57. The van der Waals surface area contributed by atoms with Crippen LogP contribution in [0.15, 0.2) is 24.3 Å². The van der Waals surface area contributed by atoms with Crippen LogP contribution >= 0.6 is 12.2 Å². The quantitative estimate of drug-likeness (QED) is 0.600. The Kier molecular flexibility index (Phi) is 5.77. The summed E-state index contributed by atoms with van der Waals surface area (Å²) in [6.07, 6.45) is 0.239. The number of amides is 2. The van der Waals surface area contributed by atoms with E-state index in [1.54, 1.807) is 9.80 Å². The molecule has 1 unspecified atom stereocenters. The Labute approximate surface area is 157 Å². The van der Waals surface area contributed by atoms with Gasteiger partial charge in [0.1, 0.15) is 6.10 Å². The molecular weight excluding hydrogens is 356 g/mol. The molecule has 2 fully saturated rings. The van der Waals surface area contributed by atoms with Crippen molar-refractivity contribution < 1.29 is 19.1 Å². The molecule has 9 heteroatoms. The number of hydrogen-bond acceptors (Lipinski definition) is 6. The summed E-state index contributed by atoms with van der Waals surface area (Å²) in [4.78, 5) is 28.5. The summed E-state index contributed by atoms with van der Waals surface area (Å²) in [5.74, 6) is 0. The minimum atomic E-state index is -0.368. The van der Waals surface area contributed by atoms with Crippen LogP contribution in [-0.2, 0) is 14.3 Å². The molecule has 0 radical (unpaired) electrons. The second-order valence-electron chi connectivity index (χ2n) is 6.13. The molecule has 1 N–H and O–H groups in total. The number of nitrogens with zero attached hydrogens (tertiary/aromatic N) is 3. The molecule has 0 bridgehead atoms. The molecule has 1 aromatic rings. The molecule has 2 aliphatic rings. The van der Waals surface area contributed by atoms with Gasteiger partial charge in [-0.15, -0.1) is 0 Å². The highest BCUT2D eigenvalue weighted by Crippen LogP contribution is 2.25. The van der Waals surface area contributed by atoms with Crippen molar-refractivity contribution in [3.8, 4) is 0 Å². The molecule has 2 heterocycles. The molecule has 2 aliphatic heterocycles. The van der Waals surface area contributed by atoms with Gasteiger partial charge < -0.3 is 24.6 Å². The number of ether oxygens (including phenoxy) is 2. The summed E-state index contributed by atoms with van der Waals surface area (Å²) in [7, 11) is 1.49. The molecule has 0 saturated carbocycles. The van der Waals surface area contributed by atoms with Gasteiger partial charge in [-0.25, -0.2) is 4.79 Å². The SMILES string of the molecule is COC(=S)NCC1CN(c2ccc(N3CCN(C=O)CC3)cc2)C(=O)O1.